The van der Waals surface area contributed by atoms with Crippen LogP contribution in [0.25, 0.3) is 0 Å². The first kappa shape index (κ1) is 25.4. The number of amides is 1. The van der Waals surface area contributed by atoms with Crippen molar-refractivity contribution in [3.8, 4) is 0 Å². The lowest BCUT2D eigenvalue weighted by Crippen LogP contribution is -2.51. The Kier molecular flexibility index (Phi) is 8.80. The van der Waals surface area contributed by atoms with Gasteiger partial charge in [0, 0.05) is 56.5 Å². The molecule has 2 aromatic carbocycles. The molecule has 1 heterocycles. The number of carbonyl (C=O) groups is 2. The van der Waals surface area contributed by atoms with Gasteiger partial charge in [-0.25, -0.2) is 4.79 Å². The van der Waals surface area contributed by atoms with E-state index in [1.165, 1.54) is 19.2 Å². The molecule has 1 aliphatic rings. The van der Waals surface area contributed by atoms with Crippen molar-refractivity contribution in [2.24, 2.45) is 0 Å². The number of anilines is 1. The number of ether oxygens (including phenoxy) is 2. The highest BCUT2D eigenvalue weighted by Gasteiger charge is 2.34. The van der Waals surface area contributed by atoms with Gasteiger partial charge in [-0.1, -0.05) is 29.8 Å². The smallest absolute Gasteiger partial charge is 0.327 e. The maximum absolute atomic E-state index is 13.1. The van der Waals surface area contributed by atoms with E-state index in [1.807, 2.05) is 4.90 Å². The average Bonchev–Trinajstić information content (AvgIpc) is 2.85. The van der Waals surface area contributed by atoms with Gasteiger partial charge in [0.05, 0.1) is 18.6 Å². The largest absolute Gasteiger partial charge is 0.468 e. The van der Waals surface area contributed by atoms with Crippen LogP contribution >= 0.6 is 11.6 Å². The van der Waals surface area contributed by atoms with Crippen molar-refractivity contribution in [2.75, 3.05) is 58.9 Å². The first-order valence-corrected chi connectivity index (χ1v) is 11.1. The molecule has 0 aromatic heterocycles. The molecule has 182 valence electrons. The highest BCUT2D eigenvalue weighted by atomic mass is 35.5. The number of piperazine rings is 1. The fourth-order valence-electron chi connectivity index (χ4n) is 3.90. The van der Waals surface area contributed by atoms with E-state index in [9.17, 15) is 19.7 Å². The second kappa shape index (κ2) is 11.8. The predicted molar refractivity (Wildman–Crippen MR) is 127 cm³/mol. The van der Waals surface area contributed by atoms with Crippen molar-refractivity contribution in [3.05, 3.63) is 68.7 Å². The maximum atomic E-state index is 13.1. The molecule has 0 radical (unpaired) electrons. The third kappa shape index (κ3) is 5.82. The first-order valence-electron chi connectivity index (χ1n) is 10.7. The number of benzene rings is 2. The van der Waals surface area contributed by atoms with Crippen molar-refractivity contribution in [2.45, 2.75) is 6.04 Å². The van der Waals surface area contributed by atoms with Crippen LogP contribution in [-0.4, -0.2) is 80.1 Å². The second-order valence-corrected chi connectivity index (χ2v) is 8.09. The highest BCUT2D eigenvalue weighted by molar-refractivity contribution is 6.31. The van der Waals surface area contributed by atoms with E-state index in [2.05, 4.69) is 5.32 Å². The topological polar surface area (TPSA) is 114 Å². The van der Waals surface area contributed by atoms with Gasteiger partial charge in [-0.3, -0.25) is 19.8 Å². The third-order valence-electron chi connectivity index (χ3n) is 5.65. The molecular formula is C23H27ClN4O6. The molecule has 1 fully saturated rings. The van der Waals surface area contributed by atoms with Crippen LogP contribution in [0.4, 0.5) is 11.4 Å². The van der Waals surface area contributed by atoms with Crippen LogP contribution in [0.1, 0.15) is 22.0 Å². The number of halogens is 1. The first-order chi connectivity index (χ1) is 16.4. The van der Waals surface area contributed by atoms with Gasteiger partial charge in [-0.05, 0) is 23.8 Å². The lowest BCUT2D eigenvalue weighted by atomic mass is 10.0. The second-order valence-electron chi connectivity index (χ2n) is 7.68. The molecule has 0 aliphatic carbocycles. The summed E-state index contributed by atoms with van der Waals surface area (Å²) in [6.45, 7) is 2.31. The van der Waals surface area contributed by atoms with Crippen LogP contribution in [0.15, 0.2) is 42.5 Å². The summed E-state index contributed by atoms with van der Waals surface area (Å²) in [6, 6.07) is 10.8. The van der Waals surface area contributed by atoms with E-state index >= 15 is 0 Å². The number of nitrogens with zero attached hydrogens (tertiary/aromatic N) is 3. The number of nitro benzene ring substituents is 1. The summed E-state index contributed by atoms with van der Waals surface area (Å²) in [5, 5.41) is 14.9. The van der Waals surface area contributed by atoms with E-state index in [0.717, 1.165) is 0 Å². The van der Waals surface area contributed by atoms with E-state index in [4.69, 9.17) is 21.1 Å². The summed E-state index contributed by atoms with van der Waals surface area (Å²) >= 11 is 6.33. The van der Waals surface area contributed by atoms with Crippen LogP contribution in [0.3, 0.4) is 0 Å². The molecule has 0 spiro atoms. The van der Waals surface area contributed by atoms with Gasteiger partial charge in [0.15, 0.2) is 0 Å². The van der Waals surface area contributed by atoms with Crippen LogP contribution in [0.5, 0.6) is 0 Å². The van der Waals surface area contributed by atoms with Crippen LogP contribution in [-0.2, 0) is 14.3 Å². The molecule has 2 aromatic rings. The van der Waals surface area contributed by atoms with Crippen molar-refractivity contribution < 1.29 is 24.0 Å². The number of rotatable bonds is 9. The van der Waals surface area contributed by atoms with Gasteiger partial charge in [0.2, 0.25) is 0 Å². The Balaban J connectivity index is 1.72. The number of methoxy groups -OCH3 is 2. The fraction of sp³-hybridized carbons (Fsp3) is 0.391. The standard InChI is InChI=1S/C23H27ClN4O6/c1-33-14-9-25-19-8-7-16(15-20(19)28(31)32)22(29)27-12-10-26(11-13-27)21(23(30)34-2)17-5-3-4-6-18(17)24/h3-8,15,21,25H,9-14H2,1-2H3. The number of hydrogen-bond donors (Lipinski definition) is 1. The van der Waals surface area contributed by atoms with Crippen molar-refractivity contribution in [1.82, 2.24) is 9.80 Å². The normalized spacial score (nSPS) is 15.0. The molecule has 0 saturated carbocycles. The molecule has 11 heteroatoms. The summed E-state index contributed by atoms with van der Waals surface area (Å²) < 4.78 is 9.96. The zero-order chi connectivity index (χ0) is 24.7. The monoisotopic (exact) mass is 490 g/mol. The Morgan fingerprint density at radius 1 is 1.15 bits per heavy atom. The summed E-state index contributed by atoms with van der Waals surface area (Å²) in [7, 11) is 2.87. The van der Waals surface area contributed by atoms with Crippen LogP contribution < -0.4 is 5.32 Å². The SMILES string of the molecule is COCCNc1ccc(C(=O)N2CCN(C(C(=O)OC)c3ccccc3Cl)CC2)cc1[N+](=O)[O-]. The van der Waals surface area contributed by atoms with Gasteiger partial charge in [0.1, 0.15) is 11.7 Å². The zero-order valence-electron chi connectivity index (χ0n) is 19.0. The van der Waals surface area contributed by atoms with Gasteiger partial charge in [-0.15, -0.1) is 0 Å². The fourth-order valence-corrected chi connectivity index (χ4v) is 4.14. The molecule has 10 nitrogen and oxygen atoms in total. The van der Waals surface area contributed by atoms with Crippen LogP contribution in [0.2, 0.25) is 5.02 Å². The van der Waals surface area contributed by atoms with E-state index in [-0.39, 0.29) is 17.2 Å². The molecular weight excluding hydrogens is 464 g/mol. The van der Waals surface area contributed by atoms with Gasteiger partial charge < -0.3 is 19.7 Å². The minimum Gasteiger partial charge on any atom is -0.468 e. The summed E-state index contributed by atoms with van der Waals surface area (Å²) in [5.74, 6) is -0.737. The van der Waals surface area contributed by atoms with E-state index in [1.54, 1.807) is 42.3 Å². The zero-order valence-corrected chi connectivity index (χ0v) is 19.8. The molecule has 1 N–H and O–H groups in total. The highest BCUT2D eigenvalue weighted by Crippen LogP contribution is 2.30. The molecule has 1 amide bonds. The average molecular weight is 491 g/mol. The number of esters is 1. The lowest BCUT2D eigenvalue weighted by Gasteiger charge is -2.38. The Hall–Kier alpha value is -3.21. The predicted octanol–water partition coefficient (Wildman–Crippen LogP) is 2.98. The van der Waals surface area contributed by atoms with Crippen molar-refractivity contribution in [3.63, 3.8) is 0 Å². The summed E-state index contributed by atoms with van der Waals surface area (Å²) in [4.78, 5) is 40.2. The Labute approximate surface area is 202 Å². The number of carbonyl (C=O) groups excluding carboxylic acids is 2. The lowest BCUT2D eigenvalue weighted by molar-refractivity contribution is -0.384. The third-order valence-corrected chi connectivity index (χ3v) is 6.00. The molecule has 0 bridgehead atoms. The van der Waals surface area contributed by atoms with E-state index in [0.29, 0.717) is 55.6 Å². The maximum Gasteiger partial charge on any atom is 0.327 e. The summed E-state index contributed by atoms with van der Waals surface area (Å²) in [6.07, 6.45) is 0. The minimum atomic E-state index is -0.686. The van der Waals surface area contributed by atoms with Gasteiger partial charge in [-0.2, -0.15) is 0 Å². The number of hydrogen-bond acceptors (Lipinski definition) is 8. The Morgan fingerprint density at radius 3 is 2.47 bits per heavy atom. The van der Waals surface area contributed by atoms with E-state index < -0.39 is 16.9 Å². The molecule has 1 saturated heterocycles. The molecule has 34 heavy (non-hydrogen) atoms. The Bertz CT molecular complexity index is 1040. The summed E-state index contributed by atoms with van der Waals surface area (Å²) in [5.41, 5.74) is 1.02. The quantitative estimate of drug-likeness (QED) is 0.247. The molecule has 3 rings (SSSR count). The minimum absolute atomic E-state index is 0.176. The molecule has 1 unspecified atom stereocenters. The number of nitrogens with one attached hydrogen (secondary N) is 1. The van der Waals surface area contributed by atoms with Crippen molar-refractivity contribution in [1.29, 1.82) is 0 Å². The van der Waals surface area contributed by atoms with Gasteiger partial charge >= 0.3 is 5.97 Å². The molecule has 1 atom stereocenters. The molecule has 1 aliphatic heterocycles. The van der Waals surface area contributed by atoms with Crippen molar-refractivity contribution >= 4 is 34.9 Å². The Morgan fingerprint density at radius 2 is 1.85 bits per heavy atom. The van der Waals surface area contributed by atoms with Crippen LogP contribution in [0, 0.1) is 10.1 Å². The number of nitro groups is 1. The van der Waals surface area contributed by atoms with Gasteiger partial charge in [0.25, 0.3) is 11.6 Å².